The highest BCUT2D eigenvalue weighted by Gasteiger charge is 2.27. The Morgan fingerprint density at radius 2 is 2.04 bits per heavy atom. The van der Waals surface area contributed by atoms with Crippen molar-refractivity contribution in [2.45, 2.75) is 25.7 Å². The minimum absolute atomic E-state index is 0.0110. The molecule has 146 valence electrons. The van der Waals surface area contributed by atoms with E-state index in [4.69, 9.17) is 21.1 Å². The lowest BCUT2D eigenvalue weighted by Crippen LogP contribution is -2.45. The molecule has 0 amide bonds. The molecular weight excluding hydrogens is 350 g/mol. The first-order valence-electron chi connectivity index (χ1n) is 9.24. The molecule has 0 saturated carbocycles. The molecule has 0 aromatic heterocycles. The van der Waals surface area contributed by atoms with Crippen LogP contribution < -0.4 is 5.32 Å². The van der Waals surface area contributed by atoms with Gasteiger partial charge in [-0.3, -0.25) is 4.99 Å². The fourth-order valence-corrected chi connectivity index (χ4v) is 3.31. The van der Waals surface area contributed by atoms with Gasteiger partial charge in [-0.05, 0) is 24.1 Å². The number of methoxy groups -OCH3 is 1. The Labute approximate surface area is 162 Å². The Morgan fingerprint density at radius 1 is 1.31 bits per heavy atom. The third kappa shape index (κ3) is 6.15. The second-order valence-electron chi connectivity index (χ2n) is 7.46. The number of hydrogen-bond donors (Lipinski definition) is 1. The summed E-state index contributed by atoms with van der Waals surface area (Å²) in [7, 11) is 3.54. The van der Waals surface area contributed by atoms with Crippen LogP contribution in [0.4, 0.5) is 0 Å². The summed E-state index contributed by atoms with van der Waals surface area (Å²) in [6.07, 6.45) is 1.13. The molecule has 1 unspecified atom stereocenters. The molecule has 1 aromatic rings. The fraction of sp³-hybridized carbons (Fsp3) is 0.650. The van der Waals surface area contributed by atoms with Gasteiger partial charge in [0, 0.05) is 50.1 Å². The molecule has 5 nitrogen and oxygen atoms in total. The van der Waals surface area contributed by atoms with E-state index in [9.17, 15) is 0 Å². The van der Waals surface area contributed by atoms with Crippen molar-refractivity contribution in [3.05, 3.63) is 34.9 Å². The van der Waals surface area contributed by atoms with Crippen molar-refractivity contribution in [1.82, 2.24) is 10.2 Å². The molecule has 1 aliphatic heterocycles. The van der Waals surface area contributed by atoms with Crippen LogP contribution in [0.1, 0.15) is 25.8 Å². The molecule has 0 radical (unpaired) electrons. The van der Waals surface area contributed by atoms with Gasteiger partial charge >= 0.3 is 0 Å². The summed E-state index contributed by atoms with van der Waals surface area (Å²) in [6, 6.07) is 8.08. The SMILES string of the molecule is CN=C(NCC(C)(C)c1ccc(Cl)cc1)N1CCC(COCCOC)C1. The molecule has 0 aliphatic carbocycles. The van der Waals surface area contributed by atoms with Gasteiger partial charge < -0.3 is 19.7 Å². The third-order valence-electron chi connectivity index (χ3n) is 4.90. The van der Waals surface area contributed by atoms with E-state index in [0.717, 1.165) is 43.6 Å². The zero-order valence-corrected chi connectivity index (χ0v) is 17.2. The molecule has 1 aromatic carbocycles. The molecule has 0 spiro atoms. The lowest BCUT2D eigenvalue weighted by atomic mass is 9.85. The minimum Gasteiger partial charge on any atom is -0.382 e. The van der Waals surface area contributed by atoms with Gasteiger partial charge in [0.2, 0.25) is 0 Å². The van der Waals surface area contributed by atoms with Gasteiger partial charge in [0.1, 0.15) is 0 Å². The van der Waals surface area contributed by atoms with E-state index in [0.29, 0.717) is 19.1 Å². The Bertz CT molecular complexity index is 575. The van der Waals surface area contributed by atoms with Gasteiger partial charge in [-0.25, -0.2) is 0 Å². The maximum Gasteiger partial charge on any atom is 0.193 e. The van der Waals surface area contributed by atoms with Crippen LogP contribution in [0.2, 0.25) is 5.02 Å². The summed E-state index contributed by atoms with van der Waals surface area (Å²) < 4.78 is 10.7. The minimum atomic E-state index is -0.0110. The second kappa shape index (κ2) is 10.1. The van der Waals surface area contributed by atoms with E-state index >= 15 is 0 Å². The van der Waals surface area contributed by atoms with Gasteiger partial charge in [-0.1, -0.05) is 37.6 Å². The molecule has 1 heterocycles. The standard InChI is InChI=1S/C20H32ClN3O2/c1-20(2,17-5-7-18(21)8-6-17)15-23-19(22-3)24-10-9-16(13-24)14-26-12-11-25-4/h5-8,16H,9-15H2,1-4H3,(H,22,23). The first kappa shape index (κ1) is 21.0. The largest absolute Gasteiger partial charge is 0.382 e. The van der Waals surface area contributed by atoms with Crippen LogP contribution in [0.25, 0.3) is 0 Å². The highest BCUT2D eigenvalue weighted by molar-refractivity contribution is 6.30. The molecule has 1 saturated heterocycles. The van der Waals surface area contributed by atoms with Gasteiger partial charge in [0.15, 0.2) is 5.96 Å². The van der Waals surface area contributed by atoms with Crippen LogP contribution in [0.15, 0.2) is 29.3 Å². The summed E-state index contributed by atoms with van der Waals surface area (Å²) in [4.78, 5) is 6.80. The molecule has 26 heavy (non-hydrogen) atoms. The number of rotatable bonds is 8. The average Bonchev–Trinajstić information content (AvgIpc) is 3.08. The van der Waals surface area contributed by atoms with Gasteiger partial charge in [0.05, 0.1) is 19.8 Å². The summed E-state index contributed by atoms with van der Waals surface area (Å²) in [5, 5.41) is 4.31. The third-order valence-corrected chi connectivity index (χ3v) is 5.15. The van der Waals surface area contributed by atoms with Crippen molar-refractivity contribution in [2.75, 3.05) is 53.6 Å². The predicted molar refractivity (Wildman–Crippen MR) is 108 cm³/mol. The molecule has 1 atom stereocenters. The van der Waals surface area contributed by atoms with Crippen LogP contribution in [0.3, 0.4) is 0 Å². The maximum absolute atomic E-state index is 6.01. The maximum atomic E-state index is 6.01. The van der Waals surface area contributed by atoms with Crippen LogP contribution in [0, 0.1) is 5.92 Å². The van der Waals surface area contributed by atoms with Crippen LogP contribution >= 0.6 is 11.6 Å². The van der Waals surface area contributed by atoms with Gasteiger partial charge in [-0.15, -0.1) is 0 Å². The van der Waals surface area contributed by atoms with E-state index in [-0.39, 0.29) is 5.41 Å². The number of benzene rings is 1. The van der Waals surface area contributed by atoms with E-state index < -0.39 is 0 Å². The van der Waals surface area contributed by atoms with Crippen molar-refractivity contribution in [3.8, 4) is 0 Å². The topological polar surface area (TPSA) is 46.1 Å². The van der Waals surface area contributed by atoms with Gasteiger partial charge in [0.25, 0.3) is 0 Å². The predicted octanol–water partition coefficient (Wildman–Crippen LogP) is 3.18. The van der Waals surface area contributed by atoms with Gasteiger partial charge in [-0.2, -0.15) is 0 Å². The molecule has 1 fully saturated rings. The number of nitrogens with one attached hydrogen (secondary N) is 1. The molecule has 6 heteroatoms. The molecule has 2 rings (SSSR count). The van der Waals surface area contributed by atoms with Crippen molar-refractivity contribution < 1.29 is 9.47 Å². The second-order valence-corrected chi connectivity index (χ2v) is 7.90. The van der Waals surface area contributed by atoms with Crippen LogP contribution in [-0.4, -0.2) is 64.5 Å². The van der Waals surface area contributed by atoms with Crippen LogP contribution in [-0.2, 0) is 14.9 Å². The zero-order chi connectivity index (χ0) is 19.0. The van der Waals surface area contributed by atoms with Crippen molar-refractivity contribution >= 4 is 17.6 Å². The highest BCUT2D eigenvalue weighted by atomic mass is 35.5. The normalized spacial score (nSPS) is 18.4. The first-order chi connectivity index (χ1) is 12.5. The van der Waals surface area contributed by atoms with Crippen LogP contribution in [0.5, 0.6) is 0 Å². The number of nitrogens with zero attached hydrogens (tertiary/aromatic N) is 2. The summed E-state index contributed by atoms with van der Waals surface area (Å²) in [5.41, 5.74) is 1.25. The van der Waals surface area contributed by atoms with Crippen molar-refractivity contribution in [2.24, 2.45) is 10.9 Å². The lowest BCUT2D eigenvalue weighted by molar-refractivity contribution is 0.0536. The number of likely N-dealkylation sites (tertiary alicyclic amines) is 1. The van der Waals surface area contributed by atoms with E-state index in [1.165, 1.54) is 5.56 Å². The Kier molecular flexibility index (Phi) is 8.19. The number of aliphatic imine (C=N–C) groups is 1. The zero-order valence-electron chi connectivity index (χ0n) is 16.4. The lowest BCUT2D eigenvalue weighted by Gasteiger charge is -2.29. The summed E-state index contributed by atoms with van der Waals surface area (Å²) in [5.74, 6) is 1.51. The number of halogens is 1. The Hall–Kier alpha value is -1.30. The quantitative estimate of drug-likeness (QED) is 0.427. The van der Waals surface area contributed by atoms with E-state index in [1.54, 1.807) is 7.11 Å². The fourth-order valence-electron chi connectivity index (χ4n) is 3.19. The Balaban J connectivity index is 1.83. The molecule has 0 bridgehead atoms. The van der Waals surface area contributed by atoms with Crippen molar-refractivity contribution in [3.63, 3.8) is 0 Å². The van der Waals surface area contributed by atoms with E-state index in [2.05, 4.69) is 41.2 Å². The average molecular weight is 382 g/mol. The first-order valence-corrected chi connectivity index (χ1v) is 9.62. The smallest absolute Gasteiger partial charge is 0.193 e. The summed E-state index contributed by atoms with van der Waals surface area (Å²) >= 11 is 6.01. The highest BCUT2D eigenvalue weighted by Crippen LogP contribution is 2.24. The van der Waals surface area contributed by atoms with Crippen molar-refractivity contribution in [1.29, 1.82) is 0 Å². The molecular formula is C20H32ClN3O2. The molecule has 1 N–H and O–H groups in total. The number of guanidine groups is 1. The number of hydrogen-bond acceptors (Lipinski definition) is 3. The Morgan fingerprint density at radius 3 is 2.69 bits per heavy atom. The monoisotopic (exact) mass is 381 g/mol. The summed E-state index contributed by atoms with van der Waals surface area (Å²) in [6.45, 7) is 9.36. The number of ether oxygens (including phenoxy) is 2. The molecule has 1 aliphatic rings. The van der Waals surface area contributed by atoms with E-state index in [1.807, 2.05) is 19.2 Å².